The Bertz CT molecular complexity index is 950. The summed E-state index contributed by atoms with van der Waals surface area (Å²) in [6.45, 7) is 1.85. The van der Waals surface area contributed by atoms with Gasteiger partial charge in [-0.2, -0.15) is 0 Å². The molecule has 0 unspecified atom stereocenters. The Morgan fingerprint density at radius 3 is 2.19 bits per heavy atom. The lowest BCUT2D eigenvalue weighted by Crippen LogP contribution is -2.14. The van der Waals surface area contributed by atoms with Gasteiger partial charge < -0.3 is 15.2 Å². The average molecular weight is 361 g/mol. The second-order valence-electron chi connectivity index (χ2n) is 5.88. The van der Waals surface area contributed by atoms with Gasteiger partial charge in [0.25, 0.3) is 5.91 Å². The first kappa shape index (κ1) is 18.2. The summed E-state index contributed by atoms with van der Waals surface area (Å²) in [5, 5.41) is 12.1. The van der Waals surface area contributed by atoms with Crippen LogP contribution in [-0.4, -0.2) is 17.0 Å². The van der Waals surface area contributed by atoms with Crippen molar-refractivity contribution in [2.24, 2.45) is 0 Å². The minimum absolute atomic E-state index is 0.196. The molecule has 0 atom stereocenters. The van der Waals surface area contributed by atoms with Crippen molar-refractivity contribution in [1.82, 2.24) is 0 Å². The zero-order valence-corrected chi connectivity index (χ0v) is 14.8. The van der Waals surface area contributed by atoms with E-state index in [0.717, 1.165) is 0 Å². The van der Waals surface area contributed by atoms with E-state index >= 15 is 0 Å². The van der Waals surface area contributed by atoms with Crippen LogP contribution in [0.5, 0.6) is 11.5 Å². The van der Waals surface area contributed by atoms with Crippen LogP contribution in [0.2, 0.25) is 0 Å². The van der Waals surface area contributed by atoms with Crippen LogP contribution in [0.15, 0.2) is 72.8 Å². The summed E-state index contributed by atoms with van der Waals surface area (Å²) in [6.07, 6.45) is 0.502. The number of rotatable bonds is 6. The molecule has 0 saturated carbocycles. The molecule has 0 radical (unpaired) electrons. The summed E-state index contributed by atoms with van der Waals surface area (Å²) in [6, 6.07) is 21.0. The molecule has 136 valence electrons. The van der Waals surface area contributed by atoms with Gasteiger partial charge in [0.1, 0.15) is 11.5 Å². The number of para-hydroxylation sites is 1. The highest BCUT2D eigenvalue weighted by Crippen LogP contribution is 2.24. The van der Waals surface area contributed by atoms with Gasteiger partial charge in [0.2, 0.25) is 0 Å². The third-order valence-corrected chi connectivity index (χ3v) is 4.10. The van der Waals surface area contributed by atoms with Crippen LogP contribution in [0.3, 0.4) is 0 Å². The number of nitrogens with one attached hydrogen (secondary N) is 1. The Labute approximate surface area is 157 Å². The Hall–Kier alpha value is -3.60. The Kier molecular flexibility index (Phi) is 5.52. The number of ether oxygens (including phenoxy) is 1. The lowest BCUT2D eigenvalue weighted by molar-refractivity contribution is 0.0695. The van der Waals surface area contributed by atoms with Crippen molar-refractivity contribution in [3.05, 3.63) is 89.5 Å². The van der Waals surface area contributed by atoms with Gasteiger partial charge >= 0.3 is 5.97 Å². The third-order valence-electron chi connectivity index (χ3n) is 4.10. The SMILES string of the molecule is CCc1c(NC(=O)c2ccc(Oc3ccccc3)cc2)cccc1C(=O)O. The van der Waals surface area contributed by atoms with E-state index in [1.807, 2.05) is 37.3 Å². The summed E-state index contributed by atoms with van der Waals surface area (Å²) in [7, 11) is 0. The van der Waals surface area contributed by atoms with E-state index in [4.69, 9.17) is 4.74 Å². The third kappa shape index (κ3) is 4.33. The zero-order valence-electron chi connectivity index (χ0n) is 14.8. The molecule has 0 aromatic heterocycles. The maximum absolute atomic E-state index is 12.5. The fraction of sp³-hybridized carbons (Fsp3) is 0.0909. The highest BCUT2D eigenvalue weighted by molar-refractivity contribution is 6.05. The number of benzene rings is 3. The van der Waals surface area contributed by atoms with E-state index in [0.29, 0.717) is 34.7 Å². The van der Waals surface area contributed by atoms with Crippen molar-refractivity contribution < 1.29 is 19.4 Å². The Morgan fingerprint density at radius 1 is 0.889 bits per heavy atom. The number of carboxylic acid groups (broad SMARTS) is 1. The molecule has 5 heteroatoms. The van der Waals surface area contributed by atoms with Gasteiger partial charge in [0.05, 0.1) is 5.56 Å². The molecule has 0 aliphatic carbocycles. The molecule has 27 heavy (non-hydrogen) atoms. The van der Waals surface area contributed by atoms with Crippen LogP contribution in [0.4, 0.5) is 5.69 Å². The van der Waals surface area contributed by atoms with Gasteiger partial charge in [-0.3, -0.25) is 4.79 Å². The lowest BCUT2D eigenvalue weighted by atomic mass is 10.0. The summed E-state index contributed by atoms with van der Waals surface area (Å²) >= 11 is 0. The number of carbonyl (C=O) groups is 2. The molecule has 0 aliphatic rings. The maximum Gasteiger partial charge on any atom is 0.336 e. The largest absolute Gasteiger partial charge is 0.478 e. The summed E-state index contributed by atoms with van der Waals surface area (Å²) in [5.41, 5.74) is 1.76. The number of hydrogen-bond acceptors (Lipinski definition) is 3. The van der Waals surface area contributed by atoms with E-state index in [-0.39, 0.29) is 11.5 Å². The van der Waals surface area contributed by atoms with Crippen LogP contribution in [0.25, 0.3) is 0 Å². The summed E-state index contributed by atoms with van der Waals surface area (Å²) in [5.74, 6) is 0.0245. The van der Waals surface area contributed by atoms with E-state index in [9.17, 15) is 14.7 Å². The van der Waals surface area contributed by atoms with Crippen molar-refractivity contribution in [3.8, 4) is 11.5 Å². The normalized spacial score (nSPS) is 10.3. The van der Waals surface area contributed by atoms with Gasteiger partial charge in [-0.15, -0.1) is 0 Å². The number of hydrogen-bond donors (Lipinski definition) is 2. The molecule has 0 saturated heterocycles. The monoisotopic (exact) mass is 361 g/mol. The molecule has 0 heterocycles. The average Bonchev–Trinajstić information content (AvgIpc) is 2.69. The van der Waals surface area contributed by atoms with Crippen molar-refractivity contribution in [2.45, 2.75) is 13.3 Å². The predicted octanol–water partition coefficient (Wildman–Crippen LogP) is 4.99. The number of amides is 1. The highest BCUT2D eigenvalue weighted by Gasteiger charge is 2.15. The van der Waals surface area contributed by atoms with Gasteiger partial charge in [-0.1, -0.05) is 31.2 Å². The summed E-state index contributed by atoms with van der Waals surface area (Å²) in [4.78, 5) is 23.9. The molecule has 1 amide bonds. The minimum Gasteiger partial charge on any atom is -0.478 e. The molecular weight excluding hydrogens is 342 g/mol. The highest BCUT2D eigenvalue weighted by atomic mass is 16.5. The van der Waals surface area contributed by atoms with Crippen LogP contribution in [-0.2, 0) is 6.42 Å². The molecule has 5 nitrogen and oxygen atoms in total. The molecule has 0 spiro atoms. The van der Waals surface area contributed by atoms with Gasteiger partial charge in [-0.05, 0) is 60.5 Å². The number of carbonyl (C=O) groups excluding carboxylic acids is 1. The second-order valence-corrected chi connectivity index (χ2v) is 5.88. The second kappa shape index (κ2) is 8.19. The topological polar surface area (TPSA) is 75.6 Å². The quantitative estimate of drug-likeness (QED) is 0.648. The molecule has 0 aliphatic heterocycles. The van der Waals surface area contributed by atoms with E-state index < -0.39 is 5.97 Å². The molecule has 3 rings (SSSR count). The first-order valence-corrected chi connectivity index (χ1v) is 8.58. The first-order chi connectivity index (χ1) is 13.1. The van der Waals surface area contributed by atoms with Crippen LogP contribution >= 0.6 is 0 Å². The molecule has 2 N–H and O–H groups in total. The van der Waals surface area contributed by atoms with Crippen LogP contribution in [0, 0.1) is 0 Å². The van der Waals surface area contributed by atoms with E-state index in [1.165, 1.54) is 6.07 Å². The van der Waals surface area contributed by atoms with Crippen molar-refractivity contribution in [3.63, 3.8) is 0 Å². The molecular formula is C22H19NO4. The van der Waals surface area contributed by atoms with E-state index in [2.05, 4.69) is 5.32 Å². The fourth-order valence-corrected chi connectivity index (χ4v) is 2.78. The number of anilines is 1. The van der Waals surface area contributed by atoms with E-state index in [1.54, 1.807) is 36.4 Å². The number of carboxylic acids is 1. The molecule has 3 aromatic carbocycles. The van der Waals surface area contributed by atoms with Gasteiger partial charge in [0, 0.05) is 11.3 Å². The lowest BCUT2D eigenvalue weighted by Gasteiger charge is -2.12. The van der Waals surface area contributed by atoms with Crippen LogP contribution < -0.4 is 10.1 Å². The maximum atomic E-state index is 12.5. The molecule has 0 bridgehead atoms. The number of aromatic carboxylic acids is 1. The first-order valence-electron chi connectivity index (χ1n) is 8.58. The molecule has 0 fully saturated rings. The van der Waals surface area contributed by atoms with Gasteiger partial charge in [-0.25, -0.2) is 4.79 Å². The fourth-order valence-electron chi connectivity index (χ4n) is 2.78. The van der Waals surface area contributed by atoms with Crippen molar-refractivity contribution >= 4 is 17.6 Å². The smallest absolute Gasteiger partial charge is 0.336 e. The predicted molar refractivity (Wildman–Crippen MR) is 104 cm³/mol. The Balaban J connectivity index is 1.75. The summed E-state index contributed by atoms with van der Waals surface area (Å²) < 4.78 is 5.71. The van der Waals surface area contributed by atoms with Crippen molar-refractivity contribution in [1.29, 1.82) is 0 Å². The standard InChI is InChI=1S/C22H19NO4/c1-2-18-19(22(25)26)9-6-10-20(18)23-21(24)15-11-13-17(14-12-15)27-16-7-4-3-5-8-16/h3-14H,2H2,1H3,(H,23,24)(H,25,26). The Morgan fingerprint density at radius 2 is 1.56 bits per heavy atom. The zero-order chi connectivity index (χ0) is 19.2. The van der Waals surface area contributed by atoms with Gasteiger partial charge in [0.15, 0.2) is 0 Å². The molecule has 3 aromatic rings. The van der Waals surface area contributed by atoms with Crippen molar-refractivity contribution in [2.75, 3.05) is 5.32 Å². The van der Waals surface area contributed by atoms with Crippen LogP contribution in [0.1, 0.15) is 33.2 Å². The minimum atomic E-state index is -1.01.